The van der Waals surface area contributed by atoms with E-state index in [0.29, 0.717) is 0 Å². The quantitative estimate of drug-likeness (QED) is 0.635. The van der Waals surface area contributed by atoms with E-state index in [2.05, 4.69) is 4.98 Å². The van der Waals surface area contributed by atoms with E-state index in [0.717, 1.165) is 16.9 Å². The first-order chi connectivity index (χ1) is 6.83. The second-order valence-corrected chi connectivity index (χ2v) is 2.98. The normalized spacial score (nSPS) is 10.9. The predicted octanol–water partition coefficient (Wildman–Crippen LogP) is 2.11. The smallest absolute Gasteiger partial charge is 0.134 e. The molecule has 0 saturated carbocycles. The van der Waals surface area contributed by atoms with Crippen LogP contribution in [0.3, 0.4) is 0 Å². The molecule has 0 unspecified atom stereocenters. The summed E-state index contributed by atoms with van der Waals surface area (Å²) in [6.45, 7) is 0. The second kappa shape index (κ2) is 3.35. The van der Waals surface area contributed by atoms with Gasteiger partial charge < -0.3 is 4.57 Å². The molecule has 1 aromatic carbocycles. The summed E-state index contributed by atoms with van der Waals surface area (Å²) in [5.41, 5.74) is 2.03. The molecule has 1 aromatic heterocycles. The number of aromatic nitrogens is 2. The van der Waals surface area contributed by atoms with Gasteiger partial charge in [0.05, 0.1) is 17.1 Å². The summed E-state index contributed by atoms with van der Waals surface area (Å²) in [4.78, 5) is 4.37. The van der Waals surface area contributed by atoms with Gasteiger partial charge in [0.25, 0.3) is 0 Å². The predicted molar refractivity (Wildman–Crippen MR) is 55.4 cm³/mol. The van der Waals surface area contributed by atoms with Crippen LogP contribution in [0.2, 0.25) is 0 Å². The molecule has 3 nitrogen and oxygen atoms in total. The van der Waals surface area contributed by atoms with Crippen molar-refractivity contribution in [3.8, 4) is 6.07 Å². The van der Waals surface area contributed by atoms with Crippen LogP contribution in [-0.4, -0.2) is 9.55 Å². The summed E-state index contributed by atoms with van der Waals surface area (Å²) in [7, 11) is 1.94. The third kappa shape index (κ3) is 1.27. The first kappa shape index (κ1) is 8.52. The van der Waals surface area contributed by atoms with Crippen molar-refractivity contribution < 1.29 is 0 Å². The maximum atomic E-state index is 8.42. The van der Waals surface area contributed by atoms with Gasteiger partial charge in [-0.1, -0.05) is 12.1 Å². The lowest BCUT2D eigenvalue weighted by Gasteiger charge is -1.94. The number of rotatable bonds is 1. The van der Waals surface area contributed by atoms with Crippen LogP contribution in [-0.2, 0) is 7.05 Å². The molecule has 68 valence electrons. The summed E-state index contributed by atoms with van der Waals surface area (Å²) in [6.07, 6.45) is 3.14. The molecule has 0 amide bonds. The van der Waals surface area contributed by atoms with E-state index in [-0.39, 0.29) is 0 Å². The first-order valence-corrected chi connectivity index (χ1v) is 4.30. The Bertz CT molecular complexity index is 529. The monoisotopic (exact) mass is 183 g/mol. The fourth-order valence-corrected chi connectivity index (χ4v) is 1.43. The zero-order valence-electron chi connectivity index (χ0n) is 7.81. The van der Waals surface area contributed by atoms with Gasteiger partial charge in [0.1, 0.15) is 5.82 Å². The highest BCUT2D eigenvalue weighted by Gasteiger charge is 2.02. The van der Waals surface area contributed by atoms with Gasteiger partial charge in [0.2, 0.25) is 0 Å². The summed E-state index contributed by atoms with van der Waals surface area (Å²) in [5, 5.41) is 8.42. The third-order valence-electron chi connectivity index (χ3n) is 2.13. The van der Waals surface area contributed by atoms with Crippen LogP contribution < -0.4 is 0 Å². The largest absolute Gasteiger partial charge is 0.328 e. The summed E-state index contributed by atoms with van der Waals surface area (Å²) in [6, 6.07) is 9.84. The van der Waals surface area contributed by atoms with Crippen LogP contribution in [0.25, 0.3) is 17.1 Å². The lowest BCUT2D eigenvalue weighted by atomic mass is 10.3. The van der Waals surface area contributed by atoms with E-state index >= 15 is 0 Å². The van der Waals surface area contributed by atoms with E-state index < -0.39 is 0 Å². The summed E-state index contributed by atoms with van der Waals surface area (Å²) < 4.78 is 1.96. The molecule has 3 heteroatoms. The average Bonchev–Trinajstić information content (AvgIpc) is 2.54. The zero-order chi connectivity index (χ0) is 9.97. The maximum Gasteiger partial charge on any atom is 0.134 e. The standard InChI is InChI=1S/C11H9N3/c1-14-10-6-3-2-5-9(10)13-11(14)7-4-8-12/h2-7H,1H3/b7-4+. The number of allylic oxidation sites excluding steroid dienone is 1. The Morgan fingerprint density at radius 1 is 1.43 bits per heavy atom. The lowest BCUT2D eigenvalue weighted by Crippen LogP contribution is -1.90. The molecule has 0 atom stereocenters. The van der Waals surface area contributed by atoms with Gasteiger partial charge in [-0.3, -0.25) is 0 Å². The minimum Gasteiger partial charge on any atom is -0.328 e. The minimum absolute atomic E-state index is 0.799. The third-order valence-corrected chi connectivity index (χ3v) is 2.13. The lowest BCUT2D eigenvalue weighted by molar-refractivity contribution is 0.930. The zero-order valence-corrected chi connectivity index (χ0v) is 7.81. The van der Waals surface area contributed by atoms with Crippen LogP contribution in [0, 0.1) is 11.3 Å². The van der Waals surface area contributed by atoms with Crippen molar-refractivity contribution in [3.05, 3.63) is 36.2 Å². The number of hydrogen-bond acceptors (Lipinski definition) is 2. The SMILES string of the molecule is Cn1c(/C=C/C#N)nc2ccccc21. The van der Waals surface area contributed by atoms with E-state index in [1.807, 2.05) is 41.9 Å². The molecule has 2 aromatic rings. The van der Waals surface area contributed by atoms with Crippen LogP contribution in [0.1, 0.15) is 5.82 Å². The highest BCUT2D eigenvalue weighted by atomic mass is 15.0. The fraction of sp³-hybridized carbons (Fsp3) is 0.0909. The molecule has 1 heterocycles. The number of aryl methyl sites for hydroxylation is 1. The van der Waals surface area contributed by atoms with Crippen molar-refractivity contribution in [2.45, 2.75) is 0 Å². The van der Waals surface area contributed by atoms with E-state index in [1.54, 1.807) is 6.08 Å². The van der Waals surface area contributed by atoms with Crippen molar-refractivity contribution in [2.75, 3.05) is 0 Å². The maximum absolute atomic E-state index is 8.42. The van der Waals surface area contributed by atoms with E-state index in [1.165, 1.54) is 6.08 Å². The van der Waals surface area contributed by atoms with Gasteiger partial charge in [0.15, 0.2) is 0 Å². The van der Waals surface area contributed by atoms with Gasteiger partial charge in [-0.15, -0.1) is 0 Å². The van der Waals surface area contributed by atoms with Gasteiger partial charge >= 0.3 is 0 Å². The van der Waals surface area contributed by atoms with Crippen molar-refractivity contribution in [1.82, 2.24) is 9.55 Å². The molecule has 0 fully saturated rings. The Hall–Kier alpha value is -2.08. The van der Waals surface area contributed by atoms with E-state index in [4.69, 9.17) is 5.26 Å². The fourth-order valence-electron chi connectivity index (χ4n) is 1.43. The van der Waals surface area contributed by atoms with Gasteiger partial charge in [-0.25, -0.2) is 4.98 Å². The van der Waals surface area contributed by atoms with Crippen LogP contribution in [0.15, 0.2) is 30.3 Å². The molecule has 0 aliphatic rings. The number of imidazole rings is 1. The minimum atomic E-state index is 0.799. The summed E-state index contributed by atoms with van der Waals surface area (Å²) in [5.74, 6) is 0.799. The number of benzene rings is 1. The molecule has 0 aliphatic carbocycles. The Morgan fingerprint density at radius 3 is 2.93 bits per heavy atom. The Kier molecular flexibility index (Phi) is 2.04. The van der Waals surface area contributed by atoms with Crippen molar-refractivity contribution in [2.24, 2.45) is 7.05 Å². The molecule has 2 rings (SSSR count). The molecule has 0 saturated heterocycles. The topological polar surface area (TPSA) is 41.6 Å². The highest BCUT2D eigenvalue weighted by Crippen LogP contribution is 2.14. The van der Waals surface area contributed by atoms with Crippen molar-refractivity contribution in [1.29, 1.82) is 5.26 Å². The number of nitriles is 1. The molecule has 0 aliphatic heterocycles. The Morgan fingerprint density at radius 2 is 2.21 bits per heavy atom. The number of hydrogen-bond donors (Lipinski definition) is 0. The van der Waals surface area contributed by atoms with Crippen molar-refractivity contribution >= 4 is 17.1 Å². The van der Waals surface area contributed by atoms with Crippen LogP contribution in [0.5, 0.6) is 0 Å². The van der Waals surface area contributed by atoms with Gasteiger partial charge in [-0.05, 0) is 18.2 Å². The molecule has 0 spiro atoms. The molecule has 0 N–H and O–H groups in total. The Balaban J connectivity index is 2.64. The molecule has 0 radical (unpaired) electrons. The molecular weight excluding hydrogens is 174 g/mol. The average molecular weight is 183 g/mol. The number of nitrogens with zero attached hydrogens (tertiary/aromatic N) is 3. The van der Waals surface area contributed by atoms with Crippen LogP contribution >= 0.6 is 0 Å². The first-order valence-electron chi connectivity index (χ1n) is 4.30. The van der Waals surface area contributed by atoms with Crippen molar-refractivity contribution in [3.63, 3.8) is 0 Å². The highest BCUT2D eigenvalue weighted by molar-refractivity contribution is 5.77. The number of fused-ring (bicyclic) bond motifs is 1. The molecular formula is C11H9N3. The van der Waals surface area contributed by atoms with Crippen LogP contribution in [0.4, 0.5) is 0 Å². The number of para-hydroxylation sites is 2. The second-order valence-electron chi connectivity index (χ2n) is 2.98. The van der Waals surface area contributed by atoms with E-state index in [9.17, 15) is 0 Å². The molecule has 0 bridgehead atoms. The van der Waals surface area contributed by atoms with Gasteiger partial charge in [-0.2, -0.15) is 5.26 Å². The Labute approximate surface area is 81.9 Å². The summed E-state index contributed by atoms with van der Waals surface area (Å²) >= 11 is 0. The van der Waals surface area contributed by atoms with Gasteiger partial charge in [0, 0.05) is 13.1 Å². The molecule has 14 heavy (non-hydrogen) atoms.